The Bertz CT molecular complexity index is 493. The molecule has 7 heteroatoms. The Balaban J connectivity index is 2.07. The Kier molecular flexibility index (Phi) is 4.04. The second-order valence-electron chi connectivity index (χ2n) is 4.81. The van der Waals surface area contributed by atoms with E-state index in [0.717, 1.165) is 12.8 Å². The highest BCUT2D eigenvalue weighted by molar-refractivity contribution is 7.89. The molecule has 18 heavy (non-hydrogen) atoms. The van der Waals surface area contributed by atoms with Crippen molar-refractivity contribution in [2.24, 2.45) is 11.7 Å². The van der Waals surface area contributed by atoms with Crippen molar-refractivity contribution in [1.29, 1.82) is 0 Å². The van der Waals surface area contributed by atoms with Crippen LogP contribution in [-0.2, 0) is 16.6 Å². The topological polar surface area (TPSA) is 81.2 Å². The van der Waals surface area contributed by atoms with Gasteiger partial charge in [0.15, 0.2) is 0 Å². The lowest BCUT2D eigenvalue weighted by molar-refractivity contribution is 0.263. The van der Waals surface area contributed by atoms with Crippen LogP contribution >= 0.6 is 0 Å². The third-order valence-electron chi connectivity index (χ3n) is 3.42. The van der Waals surface area contributed by atoms with Crippen molar-refractivity contribution in [2.45, 2.75) is 30.7 Å². The van der Waals surface area contributed by atoms with E-state index in [1.54, 1.807) is 17.9 Å². The van der Waals surface area contributed by atoms with Gasteiger partial charge in [0.05, 0.1) is 12.7 Å². The number of hydrogen-bond acceptors (Lipinski definition) is 4. The van der Waals surface area contributed by atoms with Crippen LogP contribution in [0.1, 0.15) is 19.3 Å². The summed E-state index contributed by atoms with van der Waals surface area (Å²) in [6, 6.07) is 0. The highest BCUT2D eigenvalue weighted by Gasteiger charge is 2.27. The SMILES string of the molecule is CN(CC1CCC1)S(=O)(=O)c1cnn(CCN)c1. The molecule has 0 atom stereocenters. The molecule has 0 spiro atoms. The summed E-state index contributed by atoms with van der Waals surface area (Å²) in [5.41, 5.74) is 5.41. The molecule has 1 fully saturated rings. The molecule has 2 N–H and O–H groups in total. The van der Waals surface area contributed by atoms with E-state index in [1.807, 2.05) is 0 Å². The lowest BCUT2D eigenvalue weighted by Crippen LogP contribution is -2.34. The predicted molar refractivity (Wildman–Crippen MR) is 68.4 cm³/mol. The van der Waals surface area contributed by atoms with E-state index in [9.17, 15) is 8.42 Å². The van der Waals surface area contributed by atoms with Gasteiger partial charge in [-0.1, -0.05) is 6.42 Å². The molecule has 6 nitrogen and oxygen atoms in total. The zero-order valence-electron chi connectivity index (χ0n) is 10.6. The van der Waals surface area contributed by atoms with Gasteiger partial charge in [-0.15, -0.1) is 0 Å². The van der Waals surface area contributed by atoms with E-state index in [-0.39, 0.29) is 4.90 Å². The Morgan fingerprint density at radius 1 is 1.56 bits per heavy atom. The summed E-state index contributed by atoms with van der Waals surface area (Å²) >= 11 is 0. The maximum Gasteiger partial charge on any atom is 0.245 e. The van der Waals surface area contributed by atoms with E-state index < -0.39 is 10.0 Å². The molecule has 1 aromatic rings. The van der Waals surface area contributed by atoms with E-state index in [1.165, 1.54) is 16.9 Å². The first kappa shape index (κ1) is 13.5. The first-order valence-electron chi connectivity index (χ1n) is 6.23. The molecule has 0 bridgehead atoms. The predicted octanol–water partition coefficient (Wildman–Crippen LogP) is 0.262. The minimum Gasteiger partial charge on any atom is -0.329 e. The fourth-order valence-electron chi connectivity index (χ4n) is 2.05. The van der Waals surface area contributed by atoms with Crippen molar-refractivity contribution in [3.05, 3.63) is 12.4 Å². The van der Waals surface area contributed by atoms with Crippen LogP contribution in [0.25, 0.3) is 0 Å². The molecule has 0 unspecified atom stereocenters. The molecular weight excluding hydrogens is 252 g/mol. The van der Waals surface area contributed by atoms with Gasteiger partial charge in [0.25, 0.3) is 0 Å². The van der Waals surface area contributed by atoms with Gasteiger partial charge in [0, 0.05) is 26.3 Å². The number of aromatic nitrogens is 2. The highest BCUT2D eigenvalue weighted by atomic mass is 32.2. The molecule has 1 heterocycles. The molecule has 1 aromatic heterocycles. The molecule has 1 saturated carbocycles. The summed E-state index contributed by atoms with van der Waals surface area (Å²) in [4.78, 5) is 0.248. The van der Waals surface area contributed by atoms with Crippen LogP contribution in [0.4, 0.5) is 0 Å². The fourth-order valence-corrected chi connectivity index (χ4v) is 3.25. The maximum absolute atomic E-state index is 12.3. The maximum atomic E-state index is 12.3. The summed E-state index contributed by atoms with van der Waals surface area (Å²) in [7, 11) is -1.77. The van der Waals surface area contributed by atoms with Crippen molar-refractivity contribution in [3.8, 4) is 0 Å². The van der Waals surface area contributed by atoms with Crippen LogP contribution in [-0.4, -0.2) is 42.6 Å². The van der Waals surface area contributed by atoms with Gasteiger partial charge in [-0.25, -0.2) is 12.7 Å². The van der Waals surface area contributed by atoms with Crippen LogP contribution in [0.15, 0.2) is 17.3 Å². The van der Waals surface area contributed by atoms with Crippen molar-refractivity contribution in [2.75, 3.05) is 20.1 Å². The number of hydrogen-bond donors (Lipinski definition) is 1. The molecule has 0 radical (unpaired) electrons. The van der Waals surface area contributed by atoms with Crippen LogP contribution < -0.4 is 5.73 Å². The number of nitrogens with zero attached hydrogens (tertiary/aromatic N) is 3. The summed E-state index contributed by atoms with van der Waals surface area (Å²) in [5, 5.41) is 4.00. The third kappa shape index (κ3) is 2.73. The summed E-state index contributed by atoms with van der Waals surface area (Å²) in [6.07, 6.45) is 6.41. The standard InChI is InChI=1S/C11H20N4O2S/c1-14(8-10-3-2-4-10)18(16,17)11-7-13-15(9-11)6-5-12/h7,9-10H,2-6,8,12H2,1H3. The molecule has 0 aliphatic heterocycles. The Labute approximate surface area is 108 Å². The summed E-state index contributed by atoms with van der Waals surface area (Å²) in [5.74, 6) is 0.517. The number of nitrogens with two attached hydrogens (primary N) is 1. The van der Waals surface area contributed by atoms with E-state index in [4.69, 9.17) is 5.73 Å². The minimum atomic E-state index is -3.40. The van der Waals surface area contributed by atoms with Crippen LogP contribution in [0.2, 0.25) is 0 Å². The summed E-state index contributed by atoms with van der Waals surface area (Å²) < 4.78 is 27.5. The van der Waals surface area contributed by atoms with Crippen molar-refractivity contribution in [3.63, 3.8) is 0 Å². The minimum absolute atomic E-state index is 0.248. The Morgan fingerprint density at radius 3 is 2.83 bits per heavy atom. The first-order valence-corrected chi connectivity index (χ1v) is 7.67. The normalized spacial score (nSPS) is 17.1. The van der Waals surface area contributed by atoms with E-state index in [2.05, 4.69) is 5.10 Å². The van der Waals surface area contributed by atoms with Gasteiger partial charge in [-0.3, -0.25) is 4.68 Å². The van der Waals surface area contributed by atoms with Gasteiger partial charge < -0.3 is 5.73 Å². The monoisotopic (exact) mass is 272 g/mol. The van der Waals surface area contributed by atoms with Crippen LogP contribution in [0.3, 0.4) is 0 Å². The molecule has 0 saturated heterocycles. The van der Waals surface area contributed by atoms with Gasteiger partial charge >= 0.3 is 0 Å². The average molecular weight is 272 g/mol. The molecule has 1 aliphatic carbocycles. The zero-order chi connectivity index (χ0) is 13.2. The molecule has 0 amide bonds. The lowest BCUT2D eigenvalue weighted by Gasteiger charge is -2.29. The first-order chi connectivity index (χ1) is 8.54. The number of sulfonamides is 1. The van der Waals surface area contributed by atoms with E-state index >= 15 is 0 Å². The largest absolute Gasteiger partial charge is 0.329 e. The van der Waals surface area contributed by atoms with E-state index in [0.29, 0.717) is 25.6 Å². The van der Waals surface area contributed by atoms with Gasteiger partial charge in [0.2, 0.25) is 10.0 Å². The molecule has 0 aromatic carbocycles. The lowest BCUT2D eigenvalue weighted by atomic mass is 9.86. The van der Waals surface area contributed by atoms with Crippen molar-refractivity contribution in [1.82, 2.24) is 14.1 Å². The Hall–Kier alpha value is -0.920. The van der Waals surface area contributed by atoms with Gasteiger partial charge in [-0.05, 0) is 18.8 Å². The quantitative estimate of drug-likeness (QED) is 0.805. The molecule has 102 valence electrons. The van der Waals surface area contributed by atoms with Crippen molar-refractivity contribution < 1.29 is 8.42 Å². The molecular formula is C11H20N4O2S. The van der Waals surface area contributed by atoms with Crippen LogP contribution in [0, 0.1) is 5.92 Å². The molecule has 1 aliphatic rings. The third-order valence-corrected chi connectivity index (χ3v) is 5.19. The summed E-state index contributed by atoms with van der Waals surface area (Å²) in [6.45, 7) is 1.57. The van der Waals surface area contributed by atoms with Gasteiger partial charge in [0.1, 0.15) is 4.90 Å². The van der Waals surface area contributed by atoms with Crippen molar-refractivity contribution >= 4 is 10.0 Å². The fraction of sp³-hybridized carbons (Fsp3) is 0.727. The highest BCUT2D eigenvalue weighted by Crippen LogP contribution is 2.28. The second kappa shape index (κ2) is 5.38. The number of rotatable bonds is 6. The van der Waals surface area contributed by atoms with Crippen LogP contribution in [0.5, 0.6) is 0 Å². The zero-order valence-corrected chi connectivity index (χ0v) is 11.4. The molecule has 2 rings (SSSR count). The second-order valence-corrected chi connectivity index (χ2v) is 6.86. The van der Waals surface area contributed by atoms with Gasteiger partial charge in [-0.2, -0.15) is 5.10 Å². The average Bonchev–Trinajstić information content (AvgIpc) is 2.72. The Morgan fingerprint density at radius 2 is 2.28 bits per heavy atom. The smallest absolute Gasteiger partial charge is 0.245 e.